The third-order valence-corrected chi connectivity index (χ3v) is 2.71. The molecule has 1 rings (SSSR count). The lowest BCUT2D eigenvalue weighted by Gasteiger charge is -2.21. The molecule has 0 spiro atoms. The van der Waals surface area contributed by atoms with Crippen molar-refractivity contribution in [2.75, 3.05) is 0 Å². The van der Waals surface area contributed by atoms with Gasteiger partial charge in [-0.15, -0.1) is 13.2 Å². The second-order valence-corrected chi connectivity index (χ2v) is 4.62. The van der Waals surface area contributed by atoms with Crippen LogP contribution in [0.25, 0.3) is 0 Å². The zero-order chi connectivity index (χ0) is 14.7. The van der Waals surface area contributed by atoms with Gasteiger partial charge < -0.3 is 9.47 Å². The third-order valence-electron chi connectivity index (χ3n) is 2.71. The molecule has 0 unspecified atom stereocenters. The van der Waals surface area contributed by atoms with Crippen LogP contribution in [-0.2, 0) is 4.79 Å². The van der Waals surface area contributed by atoms with Crippen molar-refractivity contribution in [1.82, 2.24) is 0 Å². The van der Waals surface area contributed by atoms with Gasteiger partial charge in [-0.2, -0.15) is 0 Å². The summed E-state index contributed by atoms with van der Waals surface area (Å²) in [4.78, 5) is 11.8. The van der Waals surface area contributed by atoms with E-state index in [0.717, 1.165) is 6.07 Å². The fourth-order valence-electron chi connectivity index (χ4n) is 1.13. The fraction of sp³-hybridized carbons (Fsp3) is 0.462. The molecule has 0 atom stereocenters. The molecular formula is C13H15F3O3. The second-order valence-electron chi connectivity index (χ2n) is 4.62. The lowest BCUT2D eigenvalue weighted by molar-refractivity contribution is -0.275. The molecule has 0 bridgehead atoms. The lowest BCUT2D eigenvalue weighted by Crippen LogP contribution is -2.28. The van der Waals surface area contributed by atoms with E-state index in [4.69, 9.17) is 4.74 Å². The molecule has 1 aromatic rings. The van der Waals surface area contributed by atoms with Crippen molar-refractivity contribution < 1.29 is 27.4 Å². The van der Waals surface area contributed by atoms with Crippen molar-refractivity contribution >= 4 is 5.97 Å². The number of rotatable bonds is 4. The van der Waals surface area contributed by atoms with Crippen LogP contribution >= 0.6 is 0 Å². The van der Waals surface area contributed by atoms with Crippen LogP contribution in [-0.4, -0.2) is 12.3 Å². The highest BCUT2D eigenvalue weighted by molar-refractivity contribution is 5.78. The summed E-state index contributed by atoms with van der Waals surface area (Å²) in [5.41, 5.74) is -0.772. The van der Waals surface area contributed by atoms with Crippen molar-refractivity contribution in [3.8, 4) is 11.5 Å². The number of ether oxygens (including phenoxy) is 2. The molecule has 3 nitrogen and oxygen atoms in total. The summed E-state index contributed by atoms with van der Waals surface area (Å²) in [6, 6.07) is 5.17. The topological polar surface area (TPSA) is 35.5 Å². The number of carbonyl (C=O) groups is 1. The lowest BCUT2D eigenvalue weighted by atomic mass is 9.91. The van der Waals surface area contributed by atoms with E-state index in [0.29, 0.717) is 6.42 Å². The Balaban J connectivity index is 2.93. The van der Waals surface area contributed by atoms with Gasteiger partial charge in [0.1, 0.15) is 0 Å². The number of benzene rings is 1. The zero-order valence-electron chi connectivity index (χ0n) is 10.9. The first-order valence-electron chi connectivity index (χ1n) is 5.73. The number of para-hydroxylation sites is 2. The molecule has 0 aliphatic rings. The van der Waals surface area contributed by atoms with Crippen LogP contribution in [0.5, 0.6) is 11.5 Å². The van der Waals surface area contributed by atoms with Gasteiger partial charge >= 0.3 is 12.3 Å². The summed E-state index contributed by atoms with van der Waals surface area (Å²) < 4.78 is 45.4. The highest BCUT2D eigenvalue weighted by atomic mass is 19.4. The molecule has 0 amide bonds. The average Bonchev–Trinajstić information content (AvgIpc) is 2.29. The normalized spacial score (nSPS) is 12.1. The first-order chi connectivity index (χ1) is 8.65. The van der Waals surface area contributed by atoms with Gasteiger partial charge in [0.05, 0.1) is 5.41 Å². The Morgan fingerprint density at radius 3 is 2.16 bits per heavy atom. The highest BCUT2D eigenvalue weighted by Crippen LogP contribution is 2.33. The molecule has 0 saturated heterocycles. The van der Waals surface area contributed by atoms with Crippen LogP contribution in [0.3, 0.4) is 0 Å². The van der Waals surface area contributed by atoms with Crippen molar-refractivity contribution in [2.24, 2.45) is 5.41 Å². The summed E-state index contributed by atoms with van der Waals surface area (Å²) in [5, 5.41) is 0. The van der Waals surface area contributed by atoms with Gasteiger partial charge in [-0.3, -0.25) is 4.79 Å². The predicted octanol–water partition coefficient (Wildman–Crippen LogP) is 3.93. The molecule has 0 aliphatic carbocycles. The van der Waals surface area contributed by atoms with E-state index in [-0.39, 0.29) is 5.75 Å². The summed E-state index contributed by atoms with van der Waals surface area (Å²) in [7, 11) is 0. The Hall–Kier alpha value is -1.72. The van der Waals surface area contributed by atoms with E-state index >= 15 is 0 Å². The van der Waals surface area contributed by atoms with Crippen LogP contribution in [0.2, 0.25) is 0 Å². The molecule has 6 heteroatoms. The molecule has 0 N–H and O–H groups in total. The minimum Gasteiger partial charge on any atom is -0.422 e. The minimum absolute atomic E-state index is 0.244. The third kappa shape index (κ3) is 4.46. The SMILES string of the molecule is CCC(C)(C)C(=O)Oc1ccccc1OC(F)(F)F. The Morgan fingerprint density at radius 2 is 1.68 bits per heavy atom. The maximum absolute atomic E-state index is 12.2. The zero-order valence-corrected chi connectivity index (χ0v) is 10.9. The predicted molar refractivity (Wildman–Crippen MR) is 62.8 cm³/mol. The minimum atomic E-state index is -4.83. The number of alkyl halides is 3. The number of halogens is 3. The fourth-order valence-corrected chi connectivity index (χ4v) is 1.13. The van der Waals surface area contributed by atoms with E-state index < -0.39 is 23.5 Å². The summed E-state index contributed by atoms with van der Waals surface area (Å²) in [5.74, 6) is -1.38. The van der Waals surface area contributed by atoms with Crippen LogP contribution in [0.4, 0.5) is 13.2 Å². The van der Waals surface area contributed by atoms with E-state index in [1.807, 2.05) is 0 Å². The van der Waals surface area contributed by atoms with Gasteiger partial charge in [-0.1, -0.05) is 19.1 Å². The summed E-state index contributed by atoms with van der Waals surface area (Å²) >= 11 is 0. The summed E-state index contributed by atoms with van der Waals surface area (Å²) in [6.45, 7) is 5.10. The Kier molecular flexibility index (Phi) is 4.44. The van der Waals surface area contributed by atoms with Crippen molar-refractivity contribution in [2.45, 2.75) is 33.6 Å². The number of carbonyl (C=O) groups excluding carboxylic acids is 1. The van der Waals surface area contributed by atoms with E-state index in [1.54, 1.807) is 20.8 Å². The molecule has 0 heterocycles. The molecule has 106 valence electrons. The number of hydrogen-bond donors (Lipinski definition) is 0. The maximum atomic E-state index is 12.2. The standard InChI is InChI=1S/C13H15F3O3/c1-4-12(2,3)11(17)18-9-7-5-6-8-10(9)19-13(14,15)16/h5-8H,4H2,1-3H3. The first-order valence-corrected chi connectivity index (χ1v) is 5.73. The largest absolute Gasteiger partial charge is 0.573 e. The maximum Gasteiger partial charge on any atom is 0.573 e. The van der Waals surface area contributed by atoms with Gasteiger partial charge in [-0.05, 0) is 32.4 Å². The molecule has 0 fully saturated rings. The van der Waals surface area contributed by atoms with E-state index in [1.165, 1.54) is 18.2 Å². The number of hydrogen-bond acceptors (Lipinski definition) is 3. The summed E-state index contributed by atoms with van der Waals surface area (Å²) in [6.07, 6.45) is -4.32. The van der Waals surface area contributed by atoms with Gasteiger partial charge in [-0.25, -0.2) is 0 Å². The number of esters is 1. The van der Waals surface area contributed by atoms with Crippen LogP contribution in [0.1, 0.15) is 27.2 Å². The van der Waals surface area contributed by atoms with Gasteiger partial charge in [0.2, 0.25) is 0 Å². The molecule has 0 radical (unpaired) electrons. The first kappa shape index (κ1) is 15.3. The van der Waals surface area contributed by atoms with Crippen molar-refractivity contribution in [1.29, 1.82) is 0 Å². The Morgan fingerprint density at radius 1 is 1.16 bits per heavy atom. The monoisotopic (exact) mass is 276 g/mol. The molecule has 0 saturated carbocycles. The average molecular weight is 276 g/mol. The molecular weight excluding hydrogens is 261 g/mol. The molecule has 0 aliphatic heterocycles. The molecule has 0 aromatic heterocycles. The molecule has 1 aromatic carbocycles. The Labute approximate surface area is 109 Å². The highest BCUT2D eigenvalue weighted by Gasteiger charge is 2.34. The smallest absolute Gasteiger partial charge is 0.422 e. The van der Waals surface area contributed by atoms with E-state index in [2.05, 4.69) is 4.74 Å². The molecule has 19 heavy (non-hydrogen) atoms. The van der Waals surface area contributed by atoms with Crippen molar-refractivity contribution in [3.63, 3.8) is 0 Å². The van der Waals surface area contributed by atoms with Gasteiger partial charge in [0.15, 0.2) is 11.5 Å². The van der Waals surface area contributed by atoms with Crippen LogP contribution < -0.4 is 9.47 Å². The second kappa shape index (κ2) is 5.50. The van der Waals surface area contributed by atoms with Crippen molar-refractivity contribution in [3.05, 3.63) is 24.3 Å². The van der Waals surface area contributed by atoms with Gasteiger partial charge in [0.25, 0.3) is 0 Å². The quantitative estimate of drug-likeness (QED) is 0.617. The van der Waals surface area contributed by atoms with Gasteiger partial charge in [0, 0.05) is 0 Å². The van der Waals surface area contributed by atoms with Crippen LogP contribution in [0.15, 0.2) is 24.3 Å². The Bertz CT molecular complexity index is 453. The van der Waals surface area contributed by atoms with Crippen LogP contribution in [0, 0.1) is 5.41 Å². The van der Waals surface area contributed by atoms with E-state index in [9.17, 15) is 18.0 Å².